The molecular formula is C14H20N4O. The minimum atomic E-state index is 0.128. The number of carbonyl (C=O) groups excluding carboxylic acids is 1. The molecule has 5 nitrogen and oxygen atoms in total. The van der Waals surface area contributed by atoms with Gasteiger partial charge in [-0.15, -0.1) is 10.2 Å². The molecule has 2 aliphatic carbocycles. The van der Waals surface area contributed by atoms with E-state index >= 15 is 0 Å². The van der Waals surface area contributed by atoms with Crippen molar-refractivity contribution in [3.8, 4) is 0 Å². The van der Waals surface area contributed by atoms with Crippen LogP contribution in [-0.2, 0) is 11.3 Å². The minimum absolute atomic E-state index is 0.128. The van der Waals surface area contributed by atoms with Crippen LogP contribution in [0, 0.1) is 12.8 Å². The summed E-state index contributed by atoms with van der Waals surface area (Å²) >= 11 is 0. The van der Waals surface area contributed by atoms with E-state index in [0.717, 1.165) is 30.9 Å². The van der Waals surface area contributed by atoms with Crippen LogP contribution >= 0.6 is 0 Å². The fraction of sp³-hybridized carbons (Fsp3) is 0.643. The molecule has 19 heavy (non-hydrogen) atoms. The van der Waals surface area contributed by atoms with Gasteiger partial charge in [0.1, 0.15) is 5.82 Å². The molecule has 1 fully saturated rings. The highest BCUT2D eigenvalue weighted by Crippen LogP contribution is 2.36. The van der Waals surface area contributed by atoms with Gasteiger partial charge in [0.2, 0.25) is 5.91 Å². The number of hydrogen-bond acceptors (Lipinski definition) is 3. The second-order valence-corrected chi connectivity index (χ2v) is 5.46. The Bertz CT molecular complexity index is 502. The van der Waals surface area contributed by atoms with Crippen LogP contribution in [-0.4, -0.2) is 20.7 Å². The van der Waals surface area contributed by atoms with E-state index in [-0.39, 0.29) is 11.8 Å². The molecule has 1 aromatic heterocycles. The second-order valence-electron chi connectivity index (χ2n) is 5.46. The third-order valence-electron chi connectivity index (χ3n) is 3.91. The summed E-state index contributed by atoms with van der Waals surface area (Å²) in [5, 5.41) is 11.3. The fourth-order valence-electron chi connectivity index (χ4n) is 2.68. The third-order valence-corrected chi connectivity index (χ3v) is 3.91. The lowest BCUT2D eigenvalue weighted by atomic mass is 9.94. The third kappa shape index (κ3) is 2.69. The maximum absolute atomic E-state index is 12.1. The molecular weight excluding hydrogens is 240 g/mol. The zero-order valence-electron chi connectivity index (χ0n) is 11.3. The first kappa shape index (κ1) is 12.4. The lowest BCUT2D eigenvalue weighted by Crippen LogP contribution is -2.31. The Morgan fingerprint density at radius 1 is 1.37 bits per heavy atom. The number of nitrogens with zero attached hydrogens (tertiary/aromatic N) is 3. The van der Waals surface area contributed by atoms with E-state index in [0.29, 0.717) is 12.6 Å². The molecule has 0 aliphatic heterocycles. The quantitative estimate of drug-likeness (QED) is 0.841. The van der Waals surface area contributed by atoms with Gasteiger partial charge in [0.15, 0.2) is 5.82 Å². The average Bonchev–Trinajstić information content (AvgIpc) is 3.21. The van der Waals surface area contributed by atoms with Gasteiger partial charge in [-0.1, -0.05) is 12.2 Å². The van der Waals surface area contributed by atoms with Crippen molar-refractivity contribution < 1.29 is 4.79 Å². The van der Waals surface area contributed by atoms with E-state index in [1.165, 1.54) is 12.8 Å². The molecule has 0 spiro atoms. The highest BCUT2D eigenvalue weighted by molar-refractivity contribution is 5.78. The Morgan fingerprint density at radius 3 is 2.89 bits per heavy atom. The van der Waals surface area contributed by atoms with Gasteiger partial charge < -0.3 is 9.88 Å². The highest BCUT2D eigenvalue weighted by atomic mass is 16.1. The molecule has 1 heterocycles. The van der Waals surface area contributed by atoms with Crippen molar-refractivity contribution in [1.29, 1.82) is 0 Å². The summed E-state index contributed by atoms with van der Waals surface area (Å²) in [5.74, 6) is 2.11. The van der Waals surface area contributed by atoms with Gasteiger partial charge in [-0.3, -0.25) is 4.79 Å². The van der Waals surface area contributed by atoms with Crippen molar-refractivity contribution in [3.05, 3.63) is 23.8 Å². The molecule has 1 saturated carbocycles. The van der Waals surface area contributed by atoms with Gasteiger partial charge in [-0.05, 0) is 39.0 Å². The standard InChI is InChI=1S/C14H20N4O/c1-10-16-17-13(18(10)12-7-8-12)9-15-14(19)11-5-3-2-4-6-11/h2-3,11-12H,4-9H2,1H3,(H,15,19)/t11-/m0/s1. The molecule has 0 saturated heterocycles. The Morgan fingerprint density at radius 2 is 2.21 bits per heavy atom. The first-order chi connectivity index (χ1) is 9.25. The number of aryl methyl sites for hydroxylation is 1. The van der Waals surface area contributed by atoms with Gasteiger partial charge in [-0.25, -0.2) is 0 Å². The molecule has 3 rings (SSSR count). The molecule has 0 bridgehead atoms. The van der Waals surface area contributed by atoms with Gasteiger partial charge in [0.05, 0.1) is 6.54 Å². The average molecular weight is 260 g/mol. The molecule has 0 unspecified atom stereocenters. The van der Waals surface area contributed by atoms with Crippen molar-refractivity contribution >= 4 is 5.91 Å². The fourth-order valence-corrected chi connectivity index (χ4v) is 2.68. The first-order valence-corrected chi connectivity index (χ1v) is 7.09. The SMILES string of the molecule is Cc1nnc(CNC(=O)[C@H]2CC=CCC2)n1C1CC1. The zero-order valence-corrected chi connectivity index (χ0v) is 11.3. The van der Waals surface area contributed by atoms with Gasteiger partial charge in [0, 0.05) is 12.0 Å². The predicted molar refractivity (Wildman–Crippen MR) is 71.4 cm³/mol. The van der Waals surface area contributed by atoms with E-state index < -0.39 is 0 Å². The lowest BCUT2D eigenvalue weighted by molar-refractivity contribution is -0.125. The minimum Gasteiger partial charge on any atom is -0.349 e. The smallest absolute Gasteiger partial charge is 0.223 e. The summed E-state index contributed by atoms with van der Waals surface area (Å²) in [4.78, 5) is 12.1. The Kier molecular flexibility index (Phi) is 3.36. The number of rotatable bonds is 4. The molecule has 1 N–H and O–H groups in total. The molecule has 102 valence electrons. The predicted octanol–water partition coefficient (Wildman–Crippen LogP) is 1.89. The van der Waals surface area contributed by atoms with Crippen LogP contribution in [0.1, 0.15) is 49.8 Å². The number of carbonyl (C=O) groups is 1. The van der Waals surface area contributed by atoms with Crippen LogP contribution in [0.4, 0.5) is 0 Å². The van der Waals surface area contributed by atoms with Gasteiger partial charge in [-0.2, -0.15) is 0 Å². The summed E-state index contributed by atoms with van der Waals surface area (Å²) in [6.07, 6.45) is 9.48. The Labute approximate surface area is 113 Å². The number of hydrogen-bond donors (Lipinski definition) is 1. The molecule has 0 aromatic carbocycles. The number of allylic oxidation sites excluding steroid dienone is 2. The summed E-state index contributed by atoms with van der Waals surface area (Å²) in [6.45, 7) is 2.47. The molecule has 1 aromatic rings. The number of amides is 1. The van der Waals surface area contributed by atoms with E-state index in [9.17, 15) is 4.79 Å². The Hall–Kier alpha value is -1.65. The van der Waals surface area contributed by atoms with E-state index in [4.69, 9.17) is 0 Å². The van der Waals surface area contributed by atoms with Crippen LogP contribution < -0.4 is 5.32 Å². The van der Waals surface area contributed by atoms with Crippen molar-refractivity contribution in [2.24, 2.45) is 5.92 Å². The summed E-state index contributed by atoms with van der Waals surface area (Å²) in [5.41, 5.74) is 0. The first-order valence-electron chi connectivity index (χ1n) is 7.09. The van der Waals surface area contributed by atoms with E-state index in [2.05, 4.69) is 32.2 Å². The number of nitrogens with one attached hydrogen (secondary N) is 1. The number of aromatic nitrogens is 3. The normalized spacial score (nSPS) is 22.5. The van der Waals surface area contributed by atoms with Gasteiger partial charge >= 0.3 is 0 Å². The van der Waals surface area contributed by atoms with Crippen LogP contribution in [0.15, 0.2) is 12.2 Å². The molecule has 5 heteroatoms. The van der Waals surface area contributed by atoms with E-state index in [1.807, 2.05) is 6.92 Å². The van der Waals surface area contributed by atoms with Crippen LogP contribution in [0.2, 0.25) is 0 Å². The molecule has 0 radical (unpaired) electrons. The van der Waals surface area contributed by atoms with Crippen molar-refractivity contribution in [3.63, 3.8) is 0 Å². The lowest BCUT2D eigenvalue weighted by Gasteiger charge is -2.17. The van der Waals surface area contributed by atoms with Gasteiger partial charge in [0.25, 0.3) is 0 Å². The van der Waals surface area contributed by atoms with Crippen molar-refractivity contribution in [2.75, 3.05) is 0 Å². The molecule has 1 atom stereocenters. The molecule has 1 amide bonds. The largest absolute Gasteiger partial charge is 0.349 e. The van der Waals surface area contributed by atoms with Crippen LogP contribution in [0.3, 0.4) is 0 Å². The summed E-state index contributed by atoms with van der Waals surface area (Å²) < 4.78 is 2.17. The van der Waals surface area contributed by atoms with E-state index in [1.54, 1.807) is 0 Å². The topological polar surface area (TPSA) is 59.8 Å². The summed E-state index contributed by atoms with van der Waals surface area (Å²) in [7, 11) is 0. The zero-order chi connectivity index (χ0) is 13.2. The maximum Gasteiger partial charge on any atom is 0.223 e. The summed E-state index contributed by atoms with van der Waals surface area (Å²) in [6, 6.07) is 0.555. The highest BCUT2D eigenvalue weighted by Gasteiger charge is 2.28. The second kappa shape index (κ2) is 5.15. The molecule has 2 aliphatic rings. The van der Waals surface area contributed by atoms with Crippen LogP contribution in [0.5, 0.6) is 0 Å². The Balaban J connectivity index is 1.60. The monoisotopic (exact) mass is 260 g/mol. The van der Waals surface area contributed by atoms with Crippen molar-refractivity contribution in [2.45, 2.75) is 51.6 Å². The van der Waals surface area contributed by atoms with Crippen molar-refractivity contribution in [1.82, 2.24) is 20.1 Å². The maximum atomic E-state index is 12.1. The van der Waals surface area contributed by atoms with Crippen LogP contribution in [0.25, 0.3) is 0 Å².